The van der Waals surface area contributed by atoms with Crippen LogP contribution in [0.2, 0.25) is 0 Å². The number of hydrogen-bond donors (Lipinski definition) is 1. The van der Waals surface area contributed by atoms with Gasteiger partial charge in [-0.2, -0.15) is 0 Å². The lowest BCUT2D eigenvalue weighted by molar-refractivity contribution is -0.119. The molecule has 7 heteroatoms. The van der Waals surface area contributed by atoms with Gasteiger partial charge >= 0.3 is 0 Å². The van der Waals surface area contributed by atoms with Gasteiger partial charge in [-0.15, -0.1) is 10.2 Å². The van der Waals surface area contributed by atoms with Crippen LogP contribution in [0.5, 0.6) is 5.75 Å². The Morgan fingerprint density at radius 3 is 2.48 bits per heavy atom. The van der Waals surface area contributed by atoms with E-state index in [2.05, 4.69) is 29.4 Å². The number of nitrogens with zero attached hydrogens (tertiary/aromatic N) is 3. The van der Waals surface area contributed by atoms with Gasteiger partial charge in [-0.1, -0.05) is 25.6 Å². The molecule has 136 valence electrons. The maximum Gasteiger partial charge on any atom is 0.230 e. The van der Waals surface area contributed by atoms with Gasteiger partial charge in [-0.25, -0.2) is 0 Å². The van der Waals surface area contributed by atoms with E-state index < -0.39 is 0 Å². The third-order valence-electron chi connectivity index (χ3n) is 4.10. The first-order valence-corrected chi connectivity index (χ1v) is 9.44. The molecule has 1 N–H and O–H groups in total. The first-order valence-electron chi connectivity index (χ1n) is 8.46. The maximum absolute atomic E-state index is 12.1. The summed E-state index contributed by atoms with van der Waals surface area (Å²) in [6.45, 7) is 8.98. The van der Waals surface area contributed by atoms with E-state index in [1.807, 2.05) is 42.7 Å². The first kappa shape index (κ1) is 19.3. The quantitative estimate of drug-likeness (QED) is 0.730. The normalized spacial score (nSPS) is 12.2. The van der Waals surface area contributed by atoms with Crippen molar-refractivity contribution in [1.82, 2.24) is 20.1 Å². The third kappa shape index (κ3) is 4.98. The molecular weight excluding hydrogens is 336 g/mol. The Hall–Kier alpha value is -2.02. The summed E-state index contributed by atoms with van der Waals surface area (Å²) in [5.41, 5.74) is 0.972. The van der Waals surface area contributed by atoms with Crippen LogP contribution in [0.4, 0.5) is 0 Å². The lowest BCUT2D eigenvalue weighted by Gasteiger charge is -2.17. The van der Waals surface area contributed by atoms with Crippen LogP contribution in [0.15, 0.2) is 29.4 Å². The number of rotatable bonds is 8. The third-order valence-corrected chi connectivity index (χ3v) is 5.07. The molecule has 1 aromatic carbocycles. The highest BCUT2D eigenvalue weighted by atomic mass is 32.2. The molecule has 1 amide bonds. The highest BCUT2D eigenvalue weighted by Gasteiger charge is 2.16. The molecule has 0 saturated heterocycles. The number of ether oxygens (including phenoxy) is 1. The van der Waals surface area contributed by atoms with Crippen LogP contribution in [0, 0.1) is 5.92 Å². The van der Waals surface area contributed by atoms with E-state index in [0.717, 1.165) is 28.8 Å². The van der Waals surface area contributed by atoms with Gasteiger partial charge in [-0.3, -0.25) is 4.79 Å². The molecule has 1 heterocycles. The molecule has 0 bridgehead atoms. The fourth-order valence-electron chi connectivity index (χ4n) is 2.23. The standard InChI is InChI=1S/C18H26N4O2S/c1-6-22-17(14-7-9-15(24-5)10-8-14)20-21-18(22)25-11-16(23)19-13(4)12(2)3/h7-10,12-13H,6,11H2,1-5H3,(H,19,23). The number of nitrogens with one attached hydrogen (secondary N) is 1. The summed E-state index contributed by atoms with van der Waals surface area (Å²) < 4.78 is 7.21. The molecule has 2 rings (SSSR count). The molecule has 2 aromatic rings. The average Bonchev–Trinajstić information content (AvgIpc) is 3.02. The summed E-state index contributed by atoms with van der Waals surface area (Å²) in [7, 11) is 1.64. The summed E-state index contributed by atoms with van der Waals surface area (Å²) in [5, 5.41) is 12.3. The molecular formula is C18H26N4O2S. The molecule has 1 aromatic heterocycles. The summed E-state index contributed by atoms with van der Waals surface area (Å²) >= 11 is 1.41. The van der Waals surface area contributed by atoms with Gasteiger partial charge in [0.2, 0.25) is 5.91 Å². The fraction of sp³-hybridized carbons (Fsp3) is 0.500. The summed E-state index contributed by atoms with van der Waals surface area (Å²) in [6.07, 6.45) is 0. The van der Waals surface area contributed by atoms with Gasteiger partial charge in [0.05, 0.1) is 12.9 Å². The Balaban J connectivity index is 2.07. The van der Waals surface area contributed by atoms with Gasteiger partial charge < -0.3 is 14.6 Å². The SMILES string of the molecule is CCn1c(SCC(=O)NC(C)C(C)C)nnc1-c1ccc(OC)cc1. The summed E-state index contributed by atoms with van der Waals surface area (Å²) in [6, 6.07) is 7.88. The minimum Gasteiger partial charge on any atom is -0.497 e. The smallest absolute Gasteiger partial charge is 0.230 e. The molecule has 6 nitrogen and oxygen atoms in total. The van der Waals surface area contributed by atoms with Crippen molar-refractivity contribution >= 4 is 17.7 Å². The van der Waals surface area contributed by atoms with Crippen molar-refractivity contribution in [2.75, 3.05) is 12.9 Å². The fourth-order valence-corrected chi connectivity index (χ4v) is 3.04. The molecule has 25 heavy (non-hydrogen) atoms. The first-order chi connectivity index (χ1) is 12.0. The minimum absolute atomic E-state index is 0.0165. The predicted molar refractivity (Wildman–Crippen MR) is 101 cm³/mol. The highest BCUT2D eigenvalue weighted by molar-refractivity contribution is 7.99. The number of methoxy groups -OCH3 is 1. The molecule has 0 aliphatic heterocycles. The van der Waals surface area contributed by atoms with E-state index in [9.17, 15) is 4.79 Å². The average molecular weight is 362 g/mol. The van der Waals surface area contributed by atoms with Crippen LogP contribution in [0.1, 0.15) is 27.7 Å². The second kappa shape index (κ2) is 8.89. The van der Waals surface area contributed by atoms with Crippen molar-refractivity contribution in [2.24, 2.45) is 5.92 Å². The van der Waals surface area contributed by atoms with E-state index in [4.69, 9.17) is 4.74 Å². The molecule has 0 aliphatic rings. The monoisotopic (exact) mass is 362 g/mol. The second-order valence-corrected chi connectivity index (χ2v) is 7.11. The van der Waals surface area contributed by atoms with Crippen molar-refractivity contribution in [3.63, 3.8) is 0 Å². The Labute approximate surface area is 153 Å². The zero-order valence-corrected chi connectivity index (χ0v) is 16.3. The van der Waals surface area contributed by atoms with Crippen LogP contribution in [0.3, 0.4) is 0 Å². The molecule has 0 radical (unpaired) electrons. The van der Waals surface area contributed by atoms with Gasteiger partial charge in [-0.05, 0) is 44.0 Å². The number of carbonyl (C=O) groups is 1. The highest BCUT2D eigenvalue weighted by Crippen LogP contribution is 2.25. The van der Waals surface area contributed by atoms with Crippen molar-refractivity contribution in [3.8, 4) is 17.1 Å². The van der Waals surface area contributed by atoms with E-state index >= 15 is 0 Å². The van der Waals surface area contributed by atoms with Crippen LogP contribution >= 0.6 is 11.8 Å². The molecule has 0 fully saturated rings. The number of thioether (sulfide) groups is 1. The van der Waals surface area contributed by atoms with E-state index in [1.54, 1.807) is 7.11 Å². The largest absolute Gasteiger partial charge is 0.497 e. The maximum atomic E-state index is 12.1. The lowest BCUT2D eigenvalue weighted by atomic mass is 10.1. The van der Waals surface area contributed by atoms with Crippen molar-refractivity contribution in [1.29, 1.82) is 0 Å². The second-order valence-electron chi connectivity index (χ2n) is 6.17. The molecule has 0 aliphatic carbocycles. The van der Waals surface area contributed by atoms with Gasteiger partial charge in [0, 0.05) is 18.2 Å². The van der Waals surface area contributed by atoms with Crippen LogP contribution < -0.4 is 10.1 Å². The Morgan fingerprint density at radius 2 is 1.92 bits per heavy atom. The Morgan fingerprint density at radius 1 is 1.24 bits per heavy atom. The van der Waals surface area contributed by atoms with Crippen LogP contribution in [-0.2, 0) is 11.3 Å². The van der Waals surface area contributed by atoms with E-state index in [0.29, 0.717) is 11.7 Å². The van der Waals surface area contributed by atoms with Crippen LogP contribution in [0.25, 0.3) is 11.4 Å². The van der Waals surface area contributed by atoms with Crippen molar-refractivity contribution in [3.05, 3.63) is 24.3 Å². The van der Waals surface area contributed by atoms with E-state index in [1.165, 1.54) is 11.8 Å². The van der Waals surface area contributed by atoms with Crippen molar-refractivity contribution < 1.29 is 9.53 Å². The zero-order valence-electron chi connectivity index (χ0n) is 15.4. The zero-order chi connectivity index (χ0) is 18.4. The summed E-state index contributed by atoms with van der Waals surface area (Å²) in [5.74, 6) is 2.36. The Kier molecular flexibility index (Phi) is 6.87. The van der Waals surface area contributed by atoms with Gasteiger partial charge in [0.1, 0.15) is 5.75 Å². The minimum atomic E-state index is 0.0165. The molecule has 1 unspecified atom stereocenters. The number of benzene rings is 1. The van der Waals surface area contributed by atoms with E-state index in [-0.39, 0.29) is 11.9 Å². The predicted octanol–water partition coefficient (Wildman–Crippen LogP) is 3.23. The van der Waals surface area contributed by atoms with Crippen LogP contribution in [-0.4, -0.2) is 39.6 Å². The number of hydrogen-bond acceptors (Lipinski definition) is 5. The summed E-state index contributed by atoms with van der Waals surface area (Å²) in [4.78, 5) is 12.1. The van der Waals surface area contributed by atoms with Crippen molar-refractivity contribution in [2.45, 2.75) is 45.4 Å². The van der Waals surface area contributed by atoms with Gasteiger partial charge in [0.25, 0.3) is 0 Å². The number of carbonyl (C=O) groups excluding carboxylic acids is 1. The number of amides is 1. The molecule has 1 atom stereocenters. The number of aromatic nitrogens is 3. The lowest BCUT2D eigenvalue weighted by Crippen LogP contribution is -2.37. The van der Waals surface area contributed by atoms with Gasteiger partial charge in [0.15, 0.2) is 11.0 Å². The molecule has 0 saturated carbocycles. The Bertz CT molecular complexity index is 698. The molecule has 0 spiro atoms. The topological polar surface area (TPSA) is 69.0 Å².